The third-order valence-electron chi connectivity index (χ3n) is 3.42. The van der Waals surface area contributed by atoms with E-state index in [4.69, 9.17) is 11.6 Å². The van der Waals surface area contributed by atoms with Crippen molar-refractivity contribution in [3.63, 3.8) is 0 Å². The quantitative estimate of drug-likeness (QED) is 0.741. The predicted molar refractivity (Wildman–Crippen MR) is 64.1 cm³/mol. The second-order valence-electron chi connectivity index (χ2n) is 4.97. The Kier molecular flexibility index (Phi) is 4.91. The fraction of sp³-hybridized carbons (Fsp3) is 0.917. The number of rotatable bonds is 4. The summed E-state index contributed by atoms with van der Waals surface area (Å²) < 4.78 is 0. The van der Waals surface area contributed by atoms with Crippen LogP contribution < -0.4 is 5.32 Å². The predicted octanol–water partition coefficient (Wildman–Crippen LogP) is 3.09. The Bertz CT molecular complexity index is 212. The van der Waals surface area contributed by atoms with Crippen molar-refractivity contribution in [1.82, 2.24) is 5.32 Å². The van der Waals surface area contributed by atoms with Crippen molar-refractivity contribution in [2.45, 2.75) is 58.4 Å². The highest BCUT2D eigenvalue weighted by molar-refractivity contribution is 6.17. The summed E-state index contributed by atoms with van der Waals surface area (Å²) in [6.07, 6.45) is 6.57. The molecule has 0 aromatic carbocycles. The molecule has 0 radical (unpaired) electrons. The first-order chi connectivity index (χ1) is 7.08. The van der Waals surface area contributed by atoms with Gasteiger partial charge in [0.25, 0.3) is 0 Å². The summed E-state index contributed by atoms with van der Waals surface area (Å²) in [4.78, 5) is 12.1. The largest absolute Gasteiger partial charge is 0.353 e. The molecule has 2 nitrogen and oxygen atoms in total. The van der Waals surface area contributed by atoms with Crippen molar-refractivity contribution in [2.24, 2.45) is 5.41 Å². The molecular weight excluding hydrogens is 210 g/mol. The van der Waals surface area contributed by atoms with E-state index >= 15 is 0 Å². The lowest BCUT2D eigenvalue weighted by Gasteiger charge is -2.33. The molecule has 1 fully saturated rings. The van der Waals surface area contributed by atoms with Gasteiger partial charge in [0.1, 0.15) is 0 Å². The molecule has 1 aliphatic rings. The molecule has 0 saturated heterocycles. The SMILES string of the molecule is CC(CCCl)NC(=O)C1(C)CCCCC1. The third kappa shape index (κ3) is 3.67. The monoisotopic (exact) mass is 231 g/mol. The normalized spacial score (nSPS) is 22.1. The highest BCUT2D eigenvalue weighted by Gasteiger charge is 2.34. The minimum atomic E-state index is -0.126. The average Bonchev–Trinajstić information content (AvgIpc) is 2.19. The molecule has 1 rings (SSSR count). The van der Waals surface area contributed by atoms with Gasteiger partial charge >= 0.3 is 0 Å². The molecule has 0 aliphatic heterocycles. The van der Waals surface area contributed by atoms with E-state index < -0.39 is 0 Å². The molecule has 15 heavy (non-hydrogen) atoms. The molecule has 1 N–H and O–H groups in total. The number of alkyl halides is 1. The van der Waals surface area contributed by atoms with Crippen LogP contribution in [0.5, 0.6) is 0 Å². The number of amides is 1. The van der Waals surface area contributed by atoms with Crippen LogP contribution in [-0.2, 0) is 4.79 Å². The zero-order chi connectivity index (χ0) is 11.3. The summed E-state index contributed by atoms with van der Waals surface area (Å²) in [5, 5.41) is 3.07. The van der Waals surface area contributed by atoms with E-state index in [1.807, 2.05) is 6.92 Å². The molecule has 0 spiro atoms. The first-order valence-electron chi connectivity index (χ1n) is 5.95. The second-order valence-corrected chi connectivity index (χ2v) is 5.35. The van der Waals surface area contributed by atoms with Gasteiger partial charge in [0.15, 0.2) is 0 Å². The fourth-order valence-corrected chi connectivity index (χ4v) is 2.52. The van der Waals surface area contributed by atoms with E-state index in [-0.39, 0.29) is 17.4 Å². The summed E-state index contributed by atoms with van der Waals surface area (Å²) in [6, 6.07) is 0.203. The molecule has 0 bridgehead atoms. The molecule has 88 valence electrons. The molecule has 1 saturated carbocycles. The number of carbonyl (C=O) groups is 1. The second kappa shape index (κ2) is 5.74. The number of hydrogen-bond donors (Lipinski definition) is 1. The summed E-state index contributed by atoms with van der Waals surface area (Å²) in [7, 11) is 0. The Morgan fingerprint density at radius 2 is 2.00 bits per heavy atom. The van der Waals surface area contributed by atoms with Crippen LogP contribution in [-0.4, -0.2) is 17.8 Å². The van der Waals surface area contributed by atoms with Gasteiger partial charge in [0.05, 0.1) is 0 Å². The zero-order valence-electron chi connectivity index (χ0n) is 9.81. The summed E-state index contributed by atoms with van der Waals surface area (Å²) in [5.74, 6) is 0.831. The molecular formula is C12H22ClNO. The lowest BCUT2D eigenvalue weighted by molar-refractivity contribution is -0.132. The third-order valence-corrected chi connectivity index (χ3v) is 3.64. The van der Waals surface area contributed by atoms with Crippen LogP contribution in [0.25, 0.3) is 0 Å². The van der Waals surface area contributed by atoms with Crippen LogP contribution in [0, 0.1) is 5.41 Å². The molecule has 1 unspecified atom stereocenters. The molecule has 1 amide bonds. The van der Waals surface area contributed by atoms with E-state index in [1.54, 1.807) is 0 Å². The Hall–Kier alpha value is -0.240. The van der Waals surface area contributed by atoms with Crippen molar-refractivity contribution in [1.29, 1.82) is 0 Å². The molecule has 1 aliphatic carbocycles. The average molecular weight is 232 g/mol. The van der Waals surface area contributed by atoms with Crippen LogP contribution in [0.15, 0.2) is 0 Å². The van der Waals surface area contributed by atoms with Gasteiger partial charge in [-0.05, 0) is 26.2 Å². The van der Waals surface area contributed by atoms with Crippen LogP contribution in [0.3, 0.4) is 0 Å². The highest BCUT2D eigenvalue weighted by Crippen LogP contribution is 2.35. The molecule has 0 aromatic rings. The number of carbonyl (C=O) groups excluding carboxylic acids is 1. The maximum absolute atomic E-state index is 12.1. The minimum absolute atomic E-state index is 0.126. The van der Waals surface area contributed by atoms with E-state index in [0.29, 0.717) is 5.88 Å². The summed E-state index contributed by atoms with van der Waals surface area (Å²) in [5.41, 5.74) is -0.126. The molecule has 1 atom stereocenters. The number of halogens is 1. The molecule has 0 aromatic heterocycles. The Labute approximate surface area is 97.8 Å². The van der Waals surface area contributed by atoms with Gasteiger partial charge in [0.2, 0.25) is 5.91 Å². The van der Waals surface area contributed by atoms with Gasteiger partial charge < -0.3 is 5.32 Å². The first kappa shape index (κ1) is 12.8. The van der Waals surface area contributed by atoms with Gasteiger partial charge in [-0.1, -0.05) is 26.2 Å². The zero-order valence-corrected chi connectivity index (χ0v) is 10.6. The van der Waals surface area contributed by atoms with E-state index in [2.05, 4.69) is 12.2 Å². The van der Waals surface area contributed by atoms with Crippen molar-refractivity contribution in [3.05, 3.63) is 0 Å². The molecule has 3 heteroatoms. The summed E-state index contributed by atoms with van der Waals surface area (Å²) >= 11 is 5.65. The van der Waals surface area contributed by atoms with Gasteiger partial charge in [0, 0.05) is 17.3 Å². The molecule has 0 heterocycles. The number of nitrogens with one attached hydrogen (secondary N) is 1. The fourth-order valence-electron chi connectivity index (χ4n) is 2.19. The standard InChI is InChI=1S/C12H22ClNO/c1-10(6-9-13)14-11(15)12(2)7-4-3-5-8-12/h10H,3-9H2,1-2H3,(H,14,15). The van der Waals surface area contributed by atoms with Crippen molar-refractivity contribution < 1.29 is 4.79 Å². The van der Waals surface area contributed by atoms with E-state index in [1.165, 1.54) is 19.3 Å². The summed E-state index contributed by atoms with van der Waals surface area (Å²) in [6.45, 7) is 4.11. The number of hydrogen-bond acceptors (Lipinski definition) is 1. The smallest absolute Gasteiger partial charge is 0.226 e. The van der Waals surface area contributed by atoms with Crippen LogP contribution >= 0.6 is 11.6 Å². The minimum Gasteiger partial charge on any atom is -0.353 e. The van der Waals surface area contributed by atoms with Crippen LogP contribution in [0.2, 0.25) is 0 Å². The Morgan fingerprint density at radius 3 is 2.53 bits per heavy atom. The van der Waals surface area contributed by atoms with Gasteiger partial charge in [-0.25, -0.2) is 0 Å². The van der Waals surface area contributed by atoms with Crippen molar-refractivity contribution in [3.8, 4) is 0 Å². The van der Waals surface area contributed by atoms with Crippen molar-refractivity contribution >= 4 is 17.5 Å². The Balaban J connectivity index is 2.44. The Morgan fingerprint density at radius 1 is 1.40 bits per heavy atom. The maximum atomic E-state index is 12.1. The van der Waals surface area contributed by atoms with Gasteiger partial charge in [-0.3, -0.25) is 4.79 Å². The van der Waals surface area contributed by atoms with E-state index in [9.17, 15) is 4.79 Å². The lowest BCUT2D eigenvalue weighted by atomic mass is 9.75. The van der Waals surface area contributed by atoms with E-state index in [0.717, 1.165) is 19.3 Å². The van der Waals surface area contributed by atoms with Crippen LogP contribution in [0.4, 0.5) is 0 Å². The highest BCUT2D eigenvalue weighted by atomic mass is 35.5. The topological polar surface area (TPSA) is 29.1 Å². The van der Waals surface area contributed by atoms with Gasteiger partial charge in [-0.2, -0.15) is 0 Å². The lowest BCUT2D eigenvalue weighted by Crippen LogP contribution is -2.44. The van der Waals surface area contributed by atoms with Gasteiger partial charge in [-0.15, -0.1) is 11.6 Å². The first-order valence-corrected chi connectivity index (χ1v) is 6.49. The van der Waals surface area contributed by atoms with Crippen molar-refractivity contribution in [2.75, 3.05) is 5.88 Å². The maximum Gasteiger partial charge on any atom is 0.226 e. The van der Waals surface area contributed by atoms with Crippen LogP contribution in [0.1, 0.15) is 52.4 Å².